The van der Waals surface area contributed by atoms with Crippen LogP contribution in [-0.4, -0.2) is 18.4 Å². The molecule has 0 bridgehead atoms. The summed E-state index contributed by atoms with van der Waals surface area (Å²) < 4.78 is 5.08. The first-order valence-corrected chi connectivity index (χ1v) is 2.78. The van der Waals surface area contributed by atoms with Crippen LogP contribution in [0.25, 0.3) is 0 Å². The van der Waals surface area contributed by atoms with Crippen molar-refractivity contribution in [2.24, 2.45) is 0 Å². The molecule has 0 unspecified atom stereocenters. The van der Waals surface area contributed by atoms with Gasteiger partial charge in [0, 0.05) is 5.71 Å². The van der Waals surface area contributed by atoms with Crippen molar-refractivity contribution in [1.29, 1.82) is 5.41 Å². The van der Waals surface area contributed by atoms with E-state index in [0.717, 1.165) is 0 Å². The Kier molecular flexibility index (Phi) is 3.44. The van der Waals surface area contributed by atoms with Crippen LogP contribution >= 0.6 is 0 Å². The number of rotatable bonds is 3. The molecule has 0 aromatic carbocycles. The summed E-state index contributed by atoms with van der Waals surface area (Å²) in [4.78, 5) is 0. The fourth-order valence-electron chi connectivity index (χ4n) is 0.292. The average molecular weight is 115 g/mol. The highest BCUT2D eigenvalue weighted by molar-refractivity contribution is 5.79. The highest BCUT2D eigenvalue weighted by Crippen LogP contribution is 1.86. The van der Waals surface area contributed by atoms with Gasteiger partial charge in [0.25, 0.3) is 0 Å². The molecule has 0 heterocycles. The molecule has 0 saturated heterocycles. The second kappa shape index (κ2) is 3.61. The van der Waals surface area contributed by atoms with Gasteiger partial charge in [-0.1, -0.05) is 0 Å². The van der Waals surface area contributed by atoms with Crippen molar-refractivity contribution in [2.45, 2.75) is 26.9 Å². The predicted molar refractivity (Wildman–Crippen MR) is 34.5 cm³/mol. The minimum absolute atomic E-state index is 0.246. The summed E-state index contributed by atoms with van der Waals surface area (Å²) >= 11 is 0. The predicted octanol–water partition coefficient (Wildman–Crippen LogP) is 1.45. The molecule has 0 fully saturated rings. The highest BCUT2D eigenvalue weighted by Gasteiger charge is 1.91. The molecule has 2 heteroatoms. The van der Waals surface area contributed by atoms with Crippen molar-refractivity contribution in [3.8, 4) is 0 Å². The first kappa shape index (κ1) is 7.63. The summed E-state index contributed by atoms with van der Waals surface area (Å²) in [5, 5.41) is 6.96. The van der Waals surface area contributed by atoms with E-state index in [-0.39, 0.29) is 6.10 Å². The van der Waals surface area contributed by atoms with Gasteiger partial charge < -0.3 is 10.1 Å². The Morgan fingerprint density at radius 3 is 2.25 bits per heavy atom. The normalized spacial score (nSPS) is 10.0. The number of hydrogen-bond donors (Lipinski definition) is 1. The number of nitrogens with one attached hydrogen (secondary N) is 1. The quantitative estimate of drug-likeness (QED) is 0.555. The molecule has 0 spiro atoms. The highest BCUT2D eigenvalue weighted by atomic mass is 16.5. The molecule has 1 N–H and O–H groups in total. The Morgan fingerprint density at radius 1 is 1.62 bits per heavy atom. The van der Waals surface area contributed by atoms with Crippen LogP contribution in [0.5, 0.6) is 0 Å². The number of hydrogen-bond acceptors (Lipinski definition) is 2. The molecule has 0 radical (unpaired) electrons. The first-order chi connectivity index (χ1) is 3.63. The van der Waals surface area contributed by atoms with Crippen molar-refractivity contribution in [3.63, 3.8) is 0 Å². The van der Waals surface area contributed by atoms with Crippen molar-refractivity contribution < 1.29 is 4.74 Å². The van der Waals surface area contributed by atoms with Gasteiger partial charge in [-0.05, 0) is 20.8 Å². The number of ether oxygens (including phenoxy) is 1. The van der Waals surface area contributed by atoms with Crippen molar-refractivity contribution in [3.05, 3.63) is 0 Å². The Balaban J connectivity index is 3.05. The third-order valence-electron chi connectivity index (χ3n) is 0.633. The zero-order valence-corrected chi connectivity index (χ0v) is 5.69. The molecule has 0 aromatic heterocycles. The zero-order valence-electron chi connectivity index (χ0n) is 5.69. The summed E-state index contributed by atoms with van der Waals surface area (Å²) in [6.45, 7) is 6.13. The maximum atomic E-state index is 6.96. The largest absolute Gasteiger partial charge is 0.373 e. The van der Waals surface area contributed by atoms with E-state index in [1.807, 2.05) is 13.8 Å². The first-order valence-electron chi connectivity index (χ1n) is 2.78. The van der Waals surface area contributed by atoms with E-state index in [0.29, 0.717) is 12.3 Å². The summed E-state index contributed by atoms with van der Waals surface area (Å²) in [5.74, 6) is 0. The lowest BCUT2D eigenvalue weighted by molar-refractivity contribution is 0.110. The van der Waals surface area contributed by atoms with Crippen LogP contribution in [0.2, 0.25) is 0 Å². The van der Waals surface area contributed by atoms with Gasteiger partial charge in [-0.25, -0.2) is 0 Å². The van der Waals surface area contributed by atoms with Gasteiger partial charge in [-0.15, -0.1) is 0 Å². The van der Waals surface area contributed by atoms with Crippen LogP contribution < -0.4 is 0 Å². The molecular formula is C6H13NO. The molecule has 2 nitrogen and oxygen atoms in total. The summed E-state index contributed by atoms with van der Waals surface area (Å²) in [7, 11) is 0. The van der Waals surface area contributed by atoms with E-state index in [2.05, 4.69) is 0 Å². The van der Waals surface area contributed by atoms with Crippen LogP contribution in [-0.2, 0) is 4.74 Å². The van der Waals surface area contributed by atoms with E-state index in [4.69, 9.17) is 10.1 Å². The average Bonchev–Trinajstić information content (AvgIpc) is 1.61. The fourth-order valence-corrected chi connectivity index (χ4v) is 0.292. The van der Waals surface area contributed by atoms with Gasteiger partial charge in [0.2, 0.25) is 0 Å². The van der Waals surface area contributed by atoms with Gasteiger partial charge in [-0.3, -0.25) is 0 Å². The van der Waals surface area contributed by atoms with E-state index < -0.39 is 0 Å². The smallest absolute Gasteiger partial charge is 0.0842 e. The van der Waals surface area contributed by atoms with Crippen LogP contribution in [0.15, 0.2) is 0 Å². The Labute approximate surface area is 50.4 Å². The minimum Gasteiger partial charge on any atom is -0.373 e. The maximum absolute atomic E-state index is 6.96. The Morgan fingerprint density at radius 2 is 2.12 bits per heavy atom. The second-order valence-corrected chi connectivity index (χ2v) is 2.14. The summed E-state index contributed by atoms with van der Waals surface area (Å²) in [6, 6.07) is 0. The van der Waals surface area contributed by atoms with Gasteiger partial charge in [-0.2, -0.15) is 0 Å². The molecule has 8 heavy (non-hydrogen) atoms. The molecule has 0 atom stereocenters. The molecule has 48 valence electrons. The van der Waals surface area contributed by atoms with Crippen LogP contribution in [0.3, 0.4) is 0 Å². The summed E-state index contributed by atoms with van der Waals surface area (Å²) in [5.41, 5.74) is 0.582. The SMILES string of the molecule is CC(=N)COC(C)C. The summed E-state index contributed by atoms with van der Waals surface area (Å²) in [6.07, 6.45) is 0.246. The fraction of sp³-hybridized carbons (Fsp3) is 0.833. The van der Waals surface area contributed by atoms with Gasteiger partial charge in [0.1, 0.15) is 0 Å². The van der Waals surface area contributed by atoms with E-state index in [9.17, 15) is 0 Å². The second-order valence-electron chi connectivity index (χ2n) is 2.14. The Bertz CT molecular complexity index is 78.6. The van der Waals surface area contributed by atoms with E-state index in [1.165, 1.54) is 0 Å². The van der Waals surface area contributed by atoms with Crippen LogP contribution in [0, 0.1) is 5.41 Å². The third-order valence-corrected chi connectivity index (χ3v) is 0.633. The molecule has 0 amide bonds. The monoisotopic (exact) mass is 115 g/mol. The molecule has 0 saturated carbocycles. The van der Waals surface area contributed by atoms with Gasteiger partial charge in [0.05, 0.1) is 12.7 Å². The van der Waals surface area contributed by atoms with Gasteiger partial charge >= 0.3 is 0 Å². The van der Waals surface area contributed by atoms with Gasteiger partial charge in [0.15, 0.2) is 0 Å². The Hall–Kier alpha value is -0.370. The lowest BCUT2D eigenvalue weighted by Gasteiger charge is -2.04. The standard InChI is InChI=1S/C6H13NO/c1-5(2)8-4-6(3)7/h5,7H,4H2,1-3H3. The zero-order chi connectivity index (χ0) is 6.57. The van der Waals surface area contributed by atoms with Crippen LogP contribution in [0.4, 0.5) is 0 Å². The lowest BCUT2D eigenvalue weighted by atomic mass is 10.4. The van der Waals surface area contributed by atoms with Crippen molar-refractivity contribution in [2.75, 3.05) is 6.61 Å². The van der Waals surface area contributed by atoms with Crippen molar-refractivity contribution >= 4 is 5.71 Å². The topological polar surface area (TPSA) is 33.1 Å². The third kappa shape index (κ3) is 5.63. The van der Waals surface area contributed by atoms with E-state index in [1.54, 1.807) is 6.92 Å². The molecule has 0 rings (SSSR count). The molecule has 0 aromatic rings. The molecular weight excluding hydrogens is 102 g/mol. The minimum atomic E-state index is 0.246. The molecule has 0 aliphatic carbocycles. The van der Waals surface area contributed by atoms with E-state index >= 15 is 0 Å². The molecule has 0 aliphatic heterocycles. The van der Waals surface area contributed by atoms with Crippen molar-refractivity contribution in [1.82, 2.24) is 0 Å². The maximum Gasteiger partial charge on any atom is 0.0842 e. The van der Waals surface area contributed by atoms with Crippen LogP contribution in [0.1, 0.15) is 20.8 Å². The lowest BCUT2D eigenvalue weighted by Crippen LogP contribution is -2.09. The molecule has 0 aliphatic rings.